The number of hydrogen-bond donors (Lipinski definition) is 2. The van der Waals surface area contributed by atoms with Crippen molar-refractivity contribution in [2.75, 3.05) is 0 Å². The van der Waals surface area contributed by atoms with Crippen molar-refractivity contribution in [2.24, 2.45) is 0 Å². The molecule has 2 atom stereocenters. The second kappa shape index (κ2) is 3.61. The monoisotopic (exact) mass is 136 g/mol. The zero-order chi connectivity index (χ0) is 10.6. The van der Waals surface area contributed by atoms with Gasteiger partial charge in [0.15, 0.2) is 0 Å². The Balaban J connectivity index is 4.73. The Hall–Kier alpha value is -0.380. The van der Waals surface area contributed by atoms with Crippen LogP contribution >= 0.6 is 0 Å². The molecule has 0 spiro atoms. The summed E-state index contributed by atoms with van der Waals surface area (Å²) >= 11 is 0. The van der Waals surface area contributed by atoms with E-state index in [-0.39, 0.29) is 5.57 Å². The minimum atomic E-state index is -2.04. The van der Waals surface area contributed by atoms with Gasteiger partial charge in [-0.3, -0.25) is 5.26 Å². The standard InChI is InChI=1S/C6H12O3/c1-4(2)6(9-8)5(3)7/h5-8H,1H2,2-3H3/t5-,6+/m0/s1/i1D2,5D/hD. The third-order valence-corrected chi connectivity index (χ3v) is 0.869. The summed E-state index contributed by atoms with van der Waals surface area (Å²) in [6.45, 7) is 1.89. The van der Waals surface area contributed by atoms with Crippen LogP contribution in [0.5, 0.6) is 0 Å². The molecule has 0 fully saturated rings. The second-order valence-corrected chi connectivity index (χ2v) is 1.80. The van der Waals surface area contributed by atoms with E-state index in [0.717, 1.165) is 6.92 Å². The Kier molecular flexibility index (Phi) is 1.49. The third-order valence-electron chi connectivity index (χ3n) is 0.869. The zero-order valence-corrected chi connectivity index (χ0v) is 5.34. The van der Waals surface area contributed by atoms with Crippen molar-refractivity contribution >= 4 is 0 Å². The van der Waals surface area contributed by atoms with Gasteiger partial charge >= 0.3 is 0 Å². The lowest BCUT2D eigenvalue weighted by molar-refractivity contribution is -0.284. The highest BCUT2D eigenvalue weighted by molar-refractivity contribution is 4.99. The summed E-state index contributed by atoms with van der Waals surface area (Å²) in [5, 5.41) is 12.8. The summed E-state index contributed by atoms with van der Waals surface area (Å²) in [5.74, 6) is 0. The van der Waals surface area contributed by atoms with Crippen LogP contribution in [-0.2, 0) is 4.89 Å². The van der Waals surface area contributed by atoms with E-state index in [9.17, 15) is 5.11 Å². The Morgan fingerprint density at radius 2 is 2.78 bits per heavy atom. The fourth-order valence-corrected chi connectivity index (χ4v) is 0.455. The highest BCUT2D eigenvalue weighted by atomic mass is 17.1. The summed E-state index contributed by atoms with van der Waals surface area (Å²) in [5.41, 5.74) is 0.0206. The summed E-state index contributed by atoms with van der Waals surface area (Å²) in [7, 11) is 0. The Bertz CT molecular complexity index is 195. The Morgan fingerprint density at radius 3 is 3.11 bits per heavy atom. The topological polar surface area (TPSA) is 49.7 Å². The number of aliphatic hydroxyl groups is 1. The van der Waals surface area contributed by atoms with Gasteiger partial charge in [0.25, 0.3) is 1.43 Å². The van der Waals surface area contributed by atoms with Crippen molar-refractivity contribution in [2.45, 2.75) is 26.0 Å². The van der Waals surface area contributed by atoms with Crippen LogP contribution in [0.2, 0.25) is 0 Å². The summed E-state index contributed by atoms with van der Waals surface area (Å²) in [6.07, 6.45) is -3.35. The molecule has 0 bridgehead atoms. The first-order valence-corrected chi connectivity index (χ1v) is 2.45. The molecule has 0 saturated carbocycles. The van der Waals surface area contributed by atoms with Gasteiger partial charge in [-0.25, -0.2) is 4.89 Å². The molecule has 0 aliphatic rings. The van der Waals surface area contributed by atoms with Gasteiger partial charge in [-0.05, 0) is 19.4 Å². The molecular formula is C6H12O3. The van der Waals surface area contributed by atoms with Crippen LogP contribution in [0.15, 0.2) is 12.1 Å². The van der Waals surface area contributed by atoms with Crippen molar-refractivity contribution in [3.05, 3.63) is 12.1 Å². The fourth-order valence-electron chi connectivity index (χ4n) is 0.455. The highest BCUT2D eigenvalue weighted by Gasteiger charge is 2.15. The van der Waals surface area contributed by atoms with Crippen LogP contribution in [0.3, 0.4) is 0 Å². The molecule has 0 radical (unpaired) electrons. The van der Waals surface area contributed by atoms with Crippen LogP contribution in [0.4, 0.5) is 0 Å². The summed E-state index contributed by atoms with van der Waals surface area (Å²) < 4.78 is 27.3. The predicted octanol–water partition coefficient (Wildman–Crippen LogP) is 0.801. The maximum Gasteiger partial charge on any atom is 0.255 e. The van der Waals surface area contributed by atoms with Crippen LogP contribution in [0.1, 0.15) is 18.0 Å². The van der Waals surface area contributed by atoms with Gasteiger partial charge in [0.1, 0.15) is 6.10 Å². The van der Waals surface area contributed by atoms with E-state index in [1.54, 1.807) is 0 Å². The first-order chi connectivity index (χ1) is 5.80. The van der Waals surface area contributed by atoms with Gasteiger partial charge in [-0.1, -0.05) is 6.53 Å². The van der Waals surface area contributed by atoms with Crippen molar-refractivity contribution in [1.29, 1.82) is 1.43 Å². The molecule has 3 nitrogen and oxygen atoms in total. The van der Waals surface area contributed by atoms with Crippen LogP contribution in [0.25, 0.3) is 1.43 Å². The molecule has 3 heteroatoms. The Labute approximate surface area is 60.2 Å². The molecule has 0 rings (SSSR count). The maximum absolute atomic E-state index is 9.21. The largest absolute Gasteiger partial charge is 0.390 e. The maximum atomic E-state index is 9.21. The second-order valence-electron chi connectivity index (χ2n) is 1.80. The van der Waals surface area contributed by atoms with E-state index < -0.39 is 18.7 Å². The molecule has 54 valence electrons. The zero-order valence-electron chi connectivity index (χ0n) is 9.34. The Morgan fingerprint density at radius 1 is 2.11 bits per heavy atom. The van der Waals surface area contributed by atoms with Gasteiger partial charge in [-0.2, -0.15) is 0 Å². The minimum Gasteiger partial charge on any atom is -0.390 e. The van der Waals surface area contributed by atoms with Crippen LogP contribution in [0, 0.1) is 0 Å². The number of rotatable bonds is 4. The van der Waals surface area contributed by atoms with Crippen molar-refractivity contribution in [3.8, 4) is 0 Å². The summed E-state index contributed by atoms with van der Waals surface area (Å²) in [4.78, 5) is 4.26. The molecular weight excluding hydrogens is 120 g/mol. The molecule has 0 aromatic rings. The lowest BCUT2D eigenvalue weighted by Crippen LogP contribution is -2.25. The fraction of sp³-hybridized carbons (Fsp3) is 0.667. The summed E-state index contributed by atoms with van der Waals surface area (Å²) in [6, 6.07) is 0. The molecule has 9 heavy (non-hydrogen) atoms. The van der Waals surface area contributed by atoms with Crippen molar-refractivity contribution < 1.29 is 19.4 Å². The lowest BCUT2D eigenvalue weighted by atomic mass is 10.1. The molecule has 0 amide bonds. The molecule has 0 aliphatic heterocycles. The molecule has 0 aromatic heterocycles. The van der Waals surface area contributed by atoms with Crippen molar-refractivity contribution in [3.63, 3.8) is 0 Å². The van der Waals surface area contributed by atoms with Gasteiger partial charge in [0, 0.05) is 0 Å². The van der Waals surface area contributed by atoms with Crippen LogP contribution < -0.4 is 0 Å². The first-order valence-electron chi connectivity index (χ1n) is 4.36. The van der Waals surface area contributed by atoms with Gasteiger partial charge in [0.2, 0.25) is 0 Å². The molecule has 0 aromatic carbocycles. The van der Waals surface area contributed by atoms with Gasteiger partial charge in [0.05, 0.1) is 10.2 Å². The van der Waals surface area contributed by atoms with Crippen LogP contribution in [-0.4, -0.2) is 22.6 Å². The van der Waals surface area contributed by atoms with E-state index >= 15 is 0 Å². The third kappa shape index (κ3) is 2.60. The molecule has 0 aliphatic carbocycles. The quantitative estimate of drug-likeness (QED) is 0.341. The number of hydrogen-bond acceptors (Lipinski definition) is 3. The average Bonchev–Trinajstić information content (AvgIpc) is 1.96. The normalized spacial score (nSPS) is 26.1. The predicted molar refractivity (Wildman–Crippen MR) is 34.0 cm³/mol. The van der Waals surface area contributed by atoms with Gasteiger partial charge < -0.3 is 5.11 Å². The van der Waals surface area contributed by atoms with E-state index in [2.05, 4.69) is 10.1 Å². The van der Waals surface area contributed by atoms with E-state index in [1.807, 2.05) is 0 Å². The first kappa shape index (κ1) is 3.71. The van der Waals surface area contributed by atoms with Crippen molar-refractivity contribution in [1.82, 2.24) is 0 Å². The molecule has 0 unspecified atom stereocenters. The minimum absolute atomic E-state index is 0.0206. The SMILES string of the molecule is [2H]OO[C@H](C(C)=C([2H])[2H])[C@]([2H])(C)O. The van der Waals surface area contributed by atoms with E-state index in [1.165, 1.54) is 6.92 Å². The average molecular weight is 136 g/mol. The van der Waals surface area contributed by atoms with Gasteiger partial charge in [-0.15, -0.1) is 0 Å². The molecule has 2 N–H and O–H groups in total. The lowest BCUT2D eigenvalue weighted by Gasteiger charge is -2.15. The van der Waals surface area contributed by atoms with E-state index in [0.29, 0.717) is 0 Å². The van der Waals surface area contributed by atoms with E-state index in [4.69, 9.17) is 5.54 Å². The highest BCUT2D eigenvalue weighted by Crippen LogP contribution is 2.06. The molecule has 0 saturated heterocycles. The molecule has 0 heterocycles. The smallest absolute Gasteiger partial charge is 0.255 e.